The van der Waals surface area contributed by atoms with Crippen molar-refractivity contribution in [3.63, 3.8) is 0 Å². The van der Waals surface area contributed by atoms with Crippen molar-refractivity contribution in [3.05, 3.63) is 35.4 Å². The van der Waals surface area contributed by atoms with E-state index in [2.05, 4.69) is 70.1 Å². The first-order chi connectivity index (χ1) is 9.21. The van der Waals surface area contributed by atoms with Crippen molar-refractivity contribution in [1.29, 1.82) is 0 Å². The molecule has 1 aliphatic heterocycles. The van der Waals surface area contributed by atoms with Crippen LogP contribution in [-0.4, -0.2) is 32.9 Å². The van der Waals surface area contributed by atoms with Gasteiger partial charge in [-0.15, -0.1) is 0 Å². The fourth-order valence-corrected chi connectivity index (χ4v) is 3.47. The first-order valence-electron chi connectivity index (χ1n) is 7.62. The van der Waals surface area contributed by atoms with E-state index in [0.717, 1.165) is 19.6 Å². The fraction of sp³-hybridized carbons (Fsp3) is 0.647. The Balaban J connectivity index is 2.02. The molecule has 0 saturated heterocycles. The fourth-order valence-electron chi connectivity index (χ4n) is 2.43. The van der Waals surface area contributed by atoms with E-state index in [1.807, 2.05) is 0 Å². The van der Waals surface area contributed by atoms with Crippen LogP contribution in [0.15, 0.2) is 24.3 Å². The van der Waals surface area contributed by atoms with Gasteiger partial charge in [0.2, 0.25) is 0 Å². The summed E-state index contributed by atoms with van der Waals surface area (Å²) in [5.41, 5.74) is 2.97. The SMILES string of the molecule is CN1Cc2ccccc2C[C@H]1CO[Si](C)(C)C(C)(C)C. The lowest BCUT2D eigenvalue weighted by Gasteiger charge is -2.40. The molecule has 0 unspecified atom stereocenters. The lowest BCUT2D eigenvalue weighted by Crippen LogP contribution is -2.47. The molecule has 0 amide bonds. The van der Waals surface area contributed by atoms with E-state index in [1.165, 1.54) is 11.1 Å². The van der Waals surface area contributed by atoms with Crippen molar-refractivity contribution in [2.75, 3.05) is 13.7 Å². The molecule has 1 aromatic carbocycles. The van der Waals surface area contributed by atoms with Gasteiger partial charge in [0.05, 0.1) is 0 Å². The van der Waals surface area contributed by atoms with Crippen LogP contribution < -0.4 is 0 Å². The summed E-state index contributed by atoms with van der Waals surface area (Å²) in [5.74, 6) is 0. The molecule has 2 nitrogen and oxygen atoms in total. The largest absolute Gasteiger partial charge is 0.415 e. The number of benzene rings is 1. The van der Waals surface area contributed by atoms with Crippen LogP contribution in [0, 0.1) is 0 Å². The summed E-state index contributed by atoms with van der Waals surface area (Å²) >= 11 is 0. The van der Waals surface area contributed by atoms with Crippen LogP contribution in [0.2, 0.25) is 18.1 Å². The number of hydrogen-bond donors (Lipinski definition) is 0. The molecular formula is C17H29NOSi. The maximum atomic E-state index is 6.42. The van der Waals surface area contributed by atoms with Gasteiger partial charge in [-0.25, -0.2) is 0 Å². The van der Waals surface area contributed by atoms with E-state index in [9.17, 15) is 0 Å². The third-order valence-corrected chi connectivity index (χ3v) is 9.56. The van der Waals surface area contributed by atoms with E-state index in [4.69, 9.17) is 4.43 Å². The van der Waals surface area contributed by atoms with Gasteiger partial charge in [-0.3, -0.25) is 4.90 Å². The number of likely N-dealkylation sites (N-methyl/N-ethyl adjacent to an activating group) is 1. The Hall–Kier alpha value is -0.643. The zero-order valence-electron chi connectivity index (χ0n) is 13.9. The van der Waals surface area contributed by atoms with Crippen LogP contribution in [0.1, 0.15) is 31.9 Å². The molecule has 3 heteroatoms. The molecule has 0 aromatic heterocycles. The van der Waals surface area contributed by atoms with E-state index in [-0.39, 0.29) is 5.04 Å². The quantitative estimate of drug-likeness (QED) is 0.779. The minimum atomic E-state index is -1.64. The molecule has 0 bridgehead atoms. The Kier molecular flexibility index (Phi) is 4.43. The maximum absolute atomic E-state index is 6.42. The van der Waals surface area contributed by atoms with Gasteiger partial charge in [-0.1, -0.05) is 45.0 Å². The second-order valence-electron chi connectivity index (χ2n) is 7.61. The standard InChI is InChI=1S/C17H29NOSi/c1-17(2,3)20(5,6)19-13-16-11-14-9-7-8-10-15(14)12-18(16)4/h7-10,16H,11-13H2,1-6H3/t16-/m0/s1. The number of fused-ring (bicyclic) bond motifs is 1. The topological polar surface area (TPSA) is 12.5 Å². The molecule has 1 aliphatic rings. The first-order valence-corrected chi connectivity index (χ1v) is 10.5. The van der Waals surface area contributed by atoms with Crippen molar-refractivity contribution in [3.8, 4) is 0 Å². The molecule has 0 N–H and O–H groups in total. The zero-order valence-corrected chi connectivity index (χ0v) is 14.9. The molecule has 1 atom stereocenters. The molecule has 0 aliphatic carbocycles. The smallest absolute Gasteiger partial charge is 0.192 e. The molecule has 20 heavy (non-hydrogen) atoms. The summed E-state index contributed by atoms with van der Waals surface area (Å²) in [6.07, 6.45) is 1.11. The number of hydrogen-bond acceptors (Lipinski definition) is 2. The average Bonchev–Trinajstić information content (AvgIpc) is 2.35. The average molecular weight is 292 g/mol. The molecule has 0 saturated carbocycles. The van der Waals surface area contributed by atoms with Crippen LogP contribution in [-0.2, 0) is 17.4 Å². The van der Waals surface area contributed by atoms with Crippen molar-refractivity contribution < 1.29 is 4.43 Å². The molecule has 0 spiro atoms. The Morgan fingerprint density at radius 1 is 1.20 bits per heavy atom. The lowest BCUT2D eigenvalue weighted by molar-refractivity contribution is 0.135. The second-order valence-corrected chi connectivity index (χ2v) is 12.4. The highest BCUT2D eigenvalue weighted by Crippen LogP contribution is 2.37. The molecule has 0 radical (unpaired) electrons. The maximum Gasteiger partial charge on any atom is 0.192 e. The van der Waals surface area contributed by atoms with Crippen molar-refractivity contribution >= 4 is 8.32 Å². The number of nitrogens with zero attached hydrogens (tertiary/aromatic N) is 1. The van der Waals surface area contributed by atoms with Gasteiger partial charge in [0.15, 0.2) is 8.32 Å². The van der Waals surface area contributed by atoms with Gasteiger partial charge in [0.25, 0.3) is 0 Å². The van der Waals surface area contributed by atoms with Gasteiger partial charge in [-0.05, 0) is 42.7 Å². The monoisotopic (exact) mass is 291 g/mol. The predicted octanol–water partition coefficient (Wildman–Crippen LogP) is 4.06. The molecule has 1 aromatic rings. The van der Waals surface area contributed by atoms with Crippen LogP contribution in [0.3, 0.4) is 0 Å². The van der Waals surface area contributed by atoms with Gasteiger partial charge in [0.1, 0.15) is 0 Å². The summed E-state index contributed by atoms with van der Waals surface area (Å²) in [5, 5.41) is 0.290. The summed E-state index contributed by atoms with van der Waals surface area (Å²) in [4.78, 5) is 2.44. The van der Waals surface area contributed by atoms with Gasteiger partial charge in [0, 0.05) is 19.2 Å². The Bertz CT molecular complexity index is 464. The van der Waals surface area contributed by atoms with Crippen LogP contribution in [0.5, 0.6) is 0 Å². The van der Waals surface area contributed by atoms with Gasteiger partial charge in [-0.2, -0.15) is 0 Å². The summed E-state index contributed by atoms with van der Waals surface area (Å²) in [6, 6.07) is 9.31. The van der Waals surface area contributed by atoms with E-state index in [0.29, 0.717) is 6.04 Å². The zero-order chi connectivity index (χ0) is 15.0. The third-order valence-electron chi connectivity index (χ3n) is 5.06. The molecule has 1 heterocycles. The highest BCUT2D eigenvalue weighted by Gasteiger charge is 2.38. The van der Waals surface area contributed by atoms with Gasteiger partial charge < -0.3 is 4.43 Å². The van der Waals surface area contributed by atoms with Crippen molar-refractivity contribution in [2.45, 2.75) is 57.9 Å². The van der Waals surface area contributed by atoms with Crippen molar-refractivity contribution in [1.82, 2.24) is 4.90 Å². The Labute approximate surface area is 125 Å². The minimum Gasteiger partial charge on any atom is -0.415 e. The van der Waals surface area contributed by atoms with Crippen LogP contribution >= 0.6 is 0 Å². The third kappa shape index (κ3) is 3.33. The van der Waals surface area contributed by atoms with E-state index >= 15 is 0 Å². The normalized spacial score (nSPS) is 20.8. The molecule has 112 valence electrons. The lowest BCUT2D eigenvalue weighted by atomic mass is 9.95. The summed E-state index contributed by atoms with van der Waals surface area (Å²) < 4.78 is 6.42. The predicted molar refractivity (Wildman–Crippen MR) is 88.6 cm³/mol. The Morgan fingerprint density at radius 3 is 2.40 bits per heavy atom. The Morgan fingerprint density at radius 2 is 1.80 bits per heavy atom. The van der Waals surface area contributed by atoms with Crippen molar-refractivity contribution in [2.24, 2.45) is 0 Å². The first kappa shape index (κ1) is 15.7. The summed E-state index contributed by atoms with van der Waals surface area (Å²) in [7, 11) is 0.581. The molecular weight excluding hydrogens is 262 g/mol. The van der Waals surface area contributed by atoms with Crippen LogP contribution in [0.25, 0.3) is 0 Å². The highest BCUT2D eigenvalue weighted by atomic mass is 28.4. The van der Waals surface area contributed by atoms with E-state index in [1.54, 1.807) is 0 Å². The second kappa shape index (κ2) is 5.62. The highest BCUT2D eigenvalue weighted by molar-refractivity contribution is 6.74. The number of rotatable bonds is 3. The van der Waals surface area contributed by atoms with Crippen LogP contribution in [0.4, 0.5) is 0 Å². The minimum absolute atomic E-state index is 0.290. The molecule has 2 rings (SSSR count). The van der Waals surface area contributed by atoms with Gasteiger partial charge >= 0.3 is 0 Å². The molecule has 0 fully saturated rings. The van der Waals surface area contributed by atoms with E-state index < -0.39 is 8.32 Å². The summed E-state index contributed by atoms with van der Waals surface area (Å²) in [6.45, 7) is 13.5.